The van der Waals surface area contributed by atoms with Gasteiger partial charge in [0, 0.05) is 17.0 Å². The van der Waals surface area contributed by atoms with E-state index in [1.54, 1.807) is 28.8 Å². The molecule has 0 aliphatic heterocycles. The van der Waals surface area contributed by atoms with Crippen LogP contribution in [0.15, 0.2) is 70.4 Å². The Morgan fingerprint density at radius 2 is 1.90 bits per heavy atom. The molecule has 0 unspecified atom stereocenters. The Balaban J connectivity index is 1.74. The molecule has 8 heteroatoms. The molecule has 152 valence electrons. The highest BCUT2D eigenvalue weighted by Gasteiger charge is 2.21. The molecule has 2 heterocycles. The van der Waals surface area contributed by atoms with Gasteiger partial charge in [0.25, 0.3) is 0 Å². The molecular weight excluding hydrogens is 405 g/mol. The van der Waals surface area contributed by atoms with Crippen molar-refractivity contribution in [1.29, 1.82) is 0 Å². The molecule has 0 N–H and O–H groups in total. The molecule has 4 rings (SSSR count). The van der Waals surface area contributed by atoms with Gasteiger partial charge in [-0.25, -0.2) is 9.18 Å². The summed E-state index contributed by atoms with van der Waals surface area (Å²) in [6, 6.07) is 16.0. The minimum Gasteiger partial charge on any atom is -0.463 e. The van der Waals surface area contributed by atoms with Crippen LogP contribution in [0.4, 0.5) is 4.39 Å². The maximum atomic E-state index is 14.5. The predicted octanol–water partition coefficient (Wildman–Crippen LogP) is 5.05. The molecule has 0 aliphatic rings. The largest absolute Gasteiger partial charge is 0.463 e. The Bertz CT molecular complexity index is 1180. The molecule has 0 fully saturated rings. The molecular formula is C22H18FN3O3S. The fraction of sp³-hybridized carbons (Fsp3) is 0.136. The second-order valence-electron chi connectivity index (χ2n) is 6.51. The van der Waals surface area contributed by atoms with Crippen LogP contribution in [0.3, 0.4) is 0 Å². The summed E-state index contributed by atoms with van der Waals surface area (Å²) in [5.74, 6) is 0.0446. The van der Waals surface area contributed by atoms with Gasteiger partial charge in [-0.2, -0.15) is 0 Å². The van der Waals surface area contributed by atoms with Gasteiger partial charge < -0.3 is 9.15 Å². The lowest BCUT2D eigenvalue weighted by Crippen LogP contribution is -2.03. The lowest BCUT2D eigenvalue weighted by Gasteiger charge is -2.11. The molecule has 0 radical (unpaired) electrons. The third-order valence-corrected chi connectivity index (χ3v) is 5.49. The Kier molecular flexibility index (Phi) is 5.67. The summed E-state index contributed by atoms with van der Waals surface area (Å²) < 4.78 is 26.3. The minimum absolute atomic E-state index is 0.153. The monoisotopic (exact) mass is 423 g/mol. The maximum absolute atomic E-state index is 14.5. The average Bonchev–Trinajstić information content (AvgIpc) is 3.39. The quantitative estimate of drug-likeness (QED) is 0.319. The van der Waals surface area contributed by atoms with Gasteiger partial charge >= 0.3 is 5.97 Å². The summed E-state index contributed by atoms with van der Waals surface area (Å²) in [4.78, 5) is 11.9. The number of methoxy groups -OCH3 is 1. The van der Waals surface area contributed by atoms with E-state index in [0.29, 0.717) is 27.9 Å². The van der Waals surface area contributed by atoms with Crippen LogP contribution in [0.1, 0.15) is 21.7 Å². The molecule has 0 amide bonds. The number of nitrogens with zero attached hydrogens (tertiary/aromatic N) is 3. The second-order valence-corrected chi connectivity index (χ2v) is 7.45. The highest BCUT2D eigenvalue weighted by Crippen LogP contribution is 2.31. The molecule has 2 aromatic heterocycles. The summed E-state index contributed by atoms with van der Waals surface area (Å²) in [5, 5.41) is 9.11. The molecule has 0 bridgehead atoms. The van der Waals surface area contributed by atoms with E-state index in [1.807, 2.05) is 31.2 Å². The van der Waals surface area contributed by atoms with Gasteiger partial charge in [0.15, 0.2) is 11.0 Å². The van der Waals surface area contributed by atoms with Crippen molar-refractivity contribution in [3.63, 3.8) is 0 Å². The molecule has 0 saturated heterocycles. The highest BCUT2D eigenvalue weighted by molar-refractivity contribution is 7.98. The van der Waals surface area contributed by atoms with Crippen molar-refractivity contribution in [1.82, 2.24) is 14.8 Å². The van der Waals surface area contributed by atoms with Crippen LogP contribution < -0.4 is 0 Å². The zero-order valence-electron chi connectivity index (χ0n) is 16.3. The van der Waals surface area contributed by atoms with Gasteiger partial charge in [-0.1, -0.05) is 41.6 Å². The first kappa shape index (κ1) is 19.9. The number of esters is 1. The Morgan fingerprint density at radius 3 is 2.63 bits per heavy atom. The highest BCUT2D eigenvalue weighted by atomic mass is 32.2. The standard InChI is InChI=1S/C22H18FN3O3S/c1-14-7-9-16(10-8-14)26-20(17-5-3-4-6-18(17)23)24-25-22(26)30-13-15-11-12-29-19(15)21(27)28-2/h3-12H,13H2,1-2H3. The number of aryl methyl sites for hydroxylation is 1. The molecule has 2 aromatic carbocycles. The number of hydrogen-bond acceptors (Lipinski definition) is 6. The first-order chi connectivity index (χ1) is 14.6. The van der Waals surface area contributed by atoms with Crippen LogP contribution in [0.25, 0.3) is 17.1 Å². The number of thioether (sulfide) groups is 1. The number of carbonyl (C=O) groups excluding carboxylic acids is 1. The normalized spacial score (nSPS) is 10.9. The number of furan rings is 1. The topological polar surface area (TPSA) is 70.2 Å². The molecule has 0 saturated carbocycles. The molecule has 4 aromatic rings. The number of rotatable bonds is 6. The lowest BCUT2D eigenvalue weighted by molar-refractivity contribution is 0.0564. The number of halogens is 1. The van der Waals surface area contributed by atoms with Crippen LogP contribution in [0.5, 0.6) is 0 Å². The summed E-state index contributed by atoms with van der Waals surface area (Å²) in [5.41, 5.74) is 2.95. The number of benzene rings is 2. The van der Waals surface area contributed by atoms with Gasteiger partial charge in [0.05, 0.1) is 18.9 Å². The summed E-state index contributed by atoms with van der Waals surface area (Å²) in [7, 11) is 1.30. The van der Waals surface area contributed by atoms with E-state index in [-0.39, 0.29) is 11.6 Å². The number of carbonyl (C=O) groups is 1. The van der Waals surface area contributed by atoms with Gasteiger partial charge in [-0.15, -0.1) is 10.2 Å². The Morgan fingerprint density at radius 1 is 1.13 bits per heavy atom. The number of aromatic nitrogens is 3. The smallest absolute Gasteiger partial charge is 0.374 e. The van der Waals surface area contributed by atoms with Crippen LogP contribution in [0.2, 0.25) is 0 Å². The number of hydrogen-bond donors (Lipinski definition) is 0. The van der Waals surface area contributed by atoms with Crippen LogP contribution in [-0.2, 0) is 10.5 Å². The van der Waals surface area contributed by atoms with Crippen molar-refractivity contribution in [2.45, 2.75) is 17.8 Å². The molecule has 0 spiro atoms. The number of ether oxygens (including phenoxy) is 1. The van der Waals surface area contributed by atoms with Gasteiger partial charge in [-0.3, -0.25) is 4.57 Å². The van der Waals surface area contributed by atoms with E-state index >= 15 is 0 Å². The minimum atomic E-state index is -0.539. The molecule has 0 aliphatic carbocycles. The van der Waals surface area contributed by atoms with Gasteiger partial charge in [-0.05, 0) is 37.3 Å². The third kappa shape index (κ3) is 3.86. The van der Waals surface area contributed by atoms with Crippen LogP contribution in [0, 0.1) is 12.7 Å². The Labute approximate surface area is 176 Å². The van der Waals surface area contributed by atoms with Crippen LogP contribution in [-0.4, -0.2) is 27.8 Å². The van der Waals surface area contributed by atoms with Gasteiger partial charge in [0.2, 0.25) is 5.76 Å². The van der Waals surface area contributed by atoms with Crippen molar-refractivity contribution in [2.75, 3.05) is 7.11 Å². The fourth-order valence-electron chi connectivity index (χ4n) is 2.97. The first-order valence-electron chi connectivity index (χ1n) is 9.13. The predicted molar refractivity (Wildman–Crippen MR) is 111 cm³/mol. The van der Waals surface area contributed by atoms with E-state index < -0.39 is 5.97 Å². The average molecular weight is 423 g/mol. The van der Waals surface area contributed by atoms with Crippen molar-refractivity contribution in [3.8, 4) is 17.1 Å². The summed E-state index contributed by atoms with van der Waals surface area (Å²) >= 11 is 1.37. The lowest BCUT2D eigenvalue weighted by atomic mass is 10.2. The van der Waals surface area contributed by atoms with E-state index in [1.165, 1.54) is 31.2 Å². The molecule has 6 nitrogen and oxygen atoms in total. The van der Waals surface area contributed by atoms with E-state index in [0.717, 1.165) is 11.3 Å². The summed E-state index contributed by atoms with van der Waals surface area (Å²) in [6.45, 7) is 2.00. The molecule has 30 heavy (non-hydrogen) atoms. The zero-order chi connectivity index (χ0) is 21.1. The van der Waals surface area contributed by atoms with Crippen molar-refractivity contribution in [3.05, 3.63) is 83.6 Å². The zero-order valence-corrected chi connectivity index (χ0v) is 17.1. The second kappa shape index (κ2) is 8.54. The van der Waals surface area contributed by atoms with Crippen LogP contribution >= 0.6 is 11.8 Å². The third-order valence-electron chi connectivity index (χ3n) is 4.51. The maximum Gasteiger partial charge on any atom is 0.374 e. The van der Waals surface area contributed by atoms with Crippen molar-refractivity contribution >= 4 is 17.7 Å². The van der Waals surface area contributed by atoms with E-state index in [4.69, 9.17) is 9.15 Å². The fourth-order valence-corrected chi connectivity index (χ4v) is 3.90. The van der Waals surface area contributed by atoms with Crippen molar-refractivity contribution < 1.29 is 18.3 Å². The summed E-state index contributed by atoms with van der Waals surface area (Å²) in [6.07, 6.45) is 1.44. The SMILES string of the molecule is COC(=O)c1occc1CSc1nnc(-c2ccccc2F)n1-c1ccc(C)cc1. The van der Waals surface area contributed by atoms with E-state index in [2.05, 4.69) is 10.2 Å². The van der Waals surface area contributed by atoms with E-state index in [9.17, 15) is 9.18 Å². The first-order valence-corrected chi connectivity index (χ1v) is 10.1. The molecule has 0 atom stereocenters. The Hall–Kier alpha value is -3.39. The van der Waals surface area contributed by atoms with Crippen molar-refractivity contribution in [2.24, 2.45) is 0 Å². The van der Waals surface area contributed by atoms with Gasteiger partial charge in [0.1, 0.15) is 5.82 Å².